The van der Waals surface area contributed by atoms with E-state index in [0.717, 1.165) is 19.1 Å². The first kappa shape index (κ1) is 18.6. The molecule has 0 radical (unpaired) electrons. The average Bonchev–Trinajstić information content (AvgIpc) is 2.44. The van der Waals surface area contributed by atoms with Gasteiger partial charge in [-0.15, -0.1) is 0 Å². The van der Waals surface area contributed by atoms with Crippen LogP contribution < -0.4 is 0 Å². The molecule has 2 rings (SSSR count). The van der Waals surface area contributed by atoms with E-state index in [1.807, 2.05) is 0 Å². The van der Waals surface area contributed by atoms with Crippen molar-refractivity contribution in [3.05, 3.63) is 0 Å². The van der Waals surface area contributed by atoms with Gasteiger partial charge >= 0.3 is 0 Å². The maximum Gasteiger partial charge on any atom is 0.0598 e. The summed E-state index contributed by atoms with van der Waals surface area (Å²) in [6, 6.07) is 0. The van der Waals surface area contributed by atoms with Gasteiger partial charge < -0.3 is 9.64 Å². The fourth-order valence-electron chi connectivity index (χ4n) is 4.27. The highest BCUT2D eigenvalue weighted by Gasteiger charge is 2.32. The normalized spacial score (nSPS) is 32.0. The van der Waals surface area contributed by atoms with E-state index >= 15 is 0 Å². The zero-order valence-electron chi connectivity index (χ0n) is 15.1. The molecule has 1 aliphatic carbocycles. The van der Waals surface area contributed by atoms with Crippen molar-refractivity contribution >= 4 is 12.6 Å². The standard InChI is InChI=1S/C18H36N2OS/c1-5-19-6-8-20(9-7-19)13-17(22)14-21-16-10-15(2)11-18(3,4)12-16/h15-17,22H,5-14H2,1-4H3/t15-,16-,17+/m0/s1. The minimum absolute atomic E-state index is 0.341. The van der Waals surface area contributed by atoms with Gasteiger partial charge in [0.05, 0.1) is 12.7 Å². The first-order valence-electron chi connectivity index (χ1n) is 9.12. The van der Waals surface area contributed by atoms with Gasteiger partial charge in [0.15, 0.2) is 0 Å². The van der Waals surface area contributed by atoms with Gasteiger partial charge in [-0.3, -0.25) is 4.90 Å². The van der Waals surface area contributed by atoms with Crippen LogP contribution in [0.2, 0.25) is 0 Å². The topological polar surface area (TPSA) is 15.7 Å². The Labute approximate surface area is 143 Å². The van der Waals surface area contributed by atoms with Crippen LogP contribution in [0.3, 0.4) is 0 Å². The van der Waals surface area contributed by atoms with Crippen molar-refractivity contribution < 1.29 is 4.74 Å². The quantitative estimate of drug-likeness (QED) is 0.754. The second kappa shape index (κ2) is 8.36. The highest BCUT2D eigenvalue weighted by Crippen LogP contribution is 2.39. The van der Waals surface area contributed by atoms with Crippen LogP contribution in [0.4, 0.5) is 0 Å². The molecule has 1 saturated carbocycles. The largest absolute Gasteiger partial charge is 0.377 e. The van der Waals surface area contributed by atoms with Gasteiger partial charge in [0.25, 0.3) is 0 Å². The smallest absolute Gasteiger partial charge is 0.0598 e. The second-order valence-corrected chi connectivity index (χ2v) is 8.99. The van der Waals surface area contributed by atoms with Crippen LogP contribution in [-0.2, 0) is 4.74 Å². The predicted octanol–water partition coefficient (Wildman–Crippen LogP) is 3.15. The molecule has 0 aromatic carbocycles. The van der Waals surface area contributed by atoms with Gasteiger partial charge in [-0.2, -0.15) is 12.6 Å². The molecule has 22 heavy (non-hydrogen) atoms. The summed E-state index contributed by atoms with van der Waals surface area (Å²) in [7, 11) is 0. The predicted molar refractivity (Wildman–Crippen MR) is 97.9 cm³/mol. The number of hydrogen-bond acceptors (Lipinski definition) is 4. The molecule has 0 aromatic heterocycles. The Kier molecular flexibility index (Phi) is 7.06. The van der Waals surface area contributed by atoms with E-state index < -0.39 is 0 Å². The third-order valence-electron chi connectivity index (χ3n) is 5.25. The molecular formula is C18H36N2OS. The summed E-state index contributed by atoms with van der Waals surface area (Å²) in [4.78, 5) is 5.06. The molecule has 1 saturated heterocycles. The molecule has 2 fully saturated rings. The van der Waals surface area contributed by atoms with Gasteiger partial charge in [0, 0.05) is 38.0 Å². The van der Waals surface area contributed by atoms with Crippen molar-refractivity contribution in [1.82, 2.24) is 9.80 Å². The van der Waals surface area contributed by atoms with Crippen molar-refractivity contribution in [2.45, 2.75) is 58.3 Å². The molecule has 0 aromatic rings. The first-order chi connectivity index (χ1) is 10.4. The van der Waals surface area contributed by atoms with Gasteiger partial charge in [0.2, 0.25) is 0 Å². The molecular weight excluding hydrogens is 292 g/mol. The molecule has 3 nitrogen and oxygen atoms in total. The molecule has 2 aliphatic rings. The van der Waals surface area contributed by atoms with Gasteiger partial charge in [-0.05, 0) is 37.1 Å². The lowest BCUT2D eigenvalue weighted by molar-refractivity contribution is -0.0243. The lowest BCUT2D eigenvalue weighted by Gasteiger charge is -2.39. The Morgan fingerprint density at radius 2 is 1.77 bits per heavy atom. The number of rotatable bonds is 6. The molecule has 4 heteroatoms. The molecule has 0 unspecified atom stereocenters. The van der Waals surface area contributed by atoms with Crippen LogP contribution in [0.5, 0.6) is 0 Å². The van der Waals surface area contributed by atoms with Crippen molar-refractivity contribution in [2.24, 2.45) is 11.3 Å². The minimum atomic E-state index is 0.341. The van der Waals surface area contributed by atoms with Gasteiger partial charge in [0.1, 0.15) is 0 Å². The van der Waals surface area contributed by atoms with E-state index in [1.54, 1.807) is 0 Å². The summed E-state index contributed by atoms with van der Waals surface area (Å²) >= 11 is 4.77. The minimum Gasteiger partial charge on any atom is -0.377 e. The van der Waals surface area contributed by atoms with Crippen LogP contribution in [-0.4, -0.2) is 67.0 Å². The lowest BCUT2D eigenvalue weighted by atomic mass is 9.71. The average molecular weight is 329 g/mol. The third kappa shape index (κ3) is 6.03. The summed E-state index contributed by atoms with van der Waals surface area (Å²) in [6.45, 7) is 17.2. The lowest BCUT2D eigenvalue weighted by Crippen LogP contribution is -2.48. The number of likely N-dealkylation sites (N-methyl/N-ethyl adjacent to an activating group) is 1. The first-order valence-corrected chi connectivity index (χ1v) is 9.64. The van der Waals surface area contributed by atoms with E-state index in [-0.39, 0.29) is 0 Å². The van der Waals surface area contributed by atoms with Crippen LogP contribution in [0, 0.1) is 11.3 Å². The maximum absolute atomic E-state index is 6.22. The molecule has 1 heterocycles. The monoisotopic (exact) mass is 328 g/mol. The number of piperazine rings is 1. The van der Waals surface area contributed by atoms with E-state index in [4.69, 9.17) is 17.4 Å². The van der Waals surface area contributed by atoms with Crippen molar-refractivity contribution in [1.29, 1.82) is 0 Å². The van der Waals surface area contributed by atoms with Gasteiger partial charge in [-0.25, -0.2) is 0 Å². The van der Waals surface area contributed by atoms with E-state index in [2.05, 4.69) is 37.5 Å². The summed E-state index contributed by atoms with van der Waals surface area (Å²) in [6.07, 6.45) is 4.19. The molecule has 0 N–H and O–H groups in total. The Hall–Kier alpha value is 0.230. The molecule has 0 amide bonds. The van der Waals surface area contributed by atoms with Gasteiger partial charge in [-0.1, -0.05) is 27.7 Å². The third-order valence-corrected chi connectivity index (χ3v) is 5.56. The zero-order chi connectivity index (χ0) is 16.2. The van der Waals surface area contributed by atoms with Crippen LogP contribution in [0.25, 0.3) is 0 Å². The van der Waals surface area contributed by atoms with Crippen LogP contribution in [0.15, 0.2) is 0 Å². The fraction of sp³-hybridized carbons (Fsp3) is 1.00. The van der Waals surface area contributed by atoms with E-state index in [9.17, 15) is 0 Å². The Balaban J connectivity index is 1.66. The Morgan fingerprint density at radius 1 is 1.14 bits per heavy atom. The molecule has 0 bridgehead atoms. The van der Waals surface area contributed by atoms with E-state index in [0.29, 0.717) is 16.8 Å². The van der Waals surface area contributed by atoms with Crippen LogP contribution in [0.1, 0.15) is 47.0 Å². The second-order valence-electron chi connectivity index (χ2n) is 8.26. The SMILES string of the molecule is CCN1CCN(C[C@@H](S)CO[C@H]2C[C@H](C)CC(C)(C)C2)CC1. The number of hydrogen-bond donors (Lipinski definition) is 1. The summed E-state index contributed by atoms with van der Waals surface area (Å²) in [5.74, 6) is 0.786. The highest BCUT2D eigenvalue weighted by molar-refractivity contribution is 7.81. The molecule has 130 valence electrons. The molecule has 1 aliphatic heterocycles. The zero-order valence-corrected chi connectivity index (χ0v) is 15.9. The number of thiol groups is 1. The van der Waals surface area contributed by atoms with Crippen molar-refractivity contribution in [3.8, 4) is 0 Å². The Morgan fingerprint density at radius 3 is 2.36 bits per heavy atom. The summed E-state index contributed by atoms with van der Waals surface area (Å²) in [5, 5.41) is 0.341. The van der Waals surface area contributed by atoms with Crippen LogP contribution >= 0.6 is 12.6 Å². The van der Waals surface area contributed by atoms with Crippen molar-refractivity contribution in [3.63, 3.8) is 0 Å². The molecule has 3 atom stereocenters. The number of ether oxygens (including phenoxy) is 1. The Bertz CT molecular complexity index is 329. The molecule has 0 spiro atoms. The fourth-order valence-corrected chi connectivity index (χ4v) is 4.59. The summed E-state index contributed by atoms with van der Waals surface area (Å²) < 4.78 is 6.22. The highest BCUT2D eigenvalue weighted by atomic mass is 32.1. The number of nitrogens with zero attached hydrogens (tertiary/aromatic N) is 2. The summed E-state index contributed by atoms with van der Waals surface area (Å²) in [5.41, 5.74) is 0.435. The maximum atomic E-state index is 6.22. The van der Waals surface area contributed by atoms with Crippen molar-refractivity contribution in [2.75, 3.05) is 45.9 Å². The van der Waals surface area contributed by atoms with E-state index in [1.165, 1.54) is 52.0 Å².